The fourth-order valence-corrected chi connectivity index (χ4v) is 6.82. The van der Waals surface area contributed by atoms with E-state index in [2.05, 4.69) is 29.0 Å². The van der Waals surface area contributed by atoms with Crippen LogP contribution in [0.1, 0.15) is 54.7 Å². The van der Waals surface area contributed by atoms with Crippen molar-refractivity contribution in [3.8, 4) is 16.9 Å². The summed E-state index contributed by atoms with van der Waals surface area (Å²) in [5.41, 5.74) is 4.84. The second-order valence-corrected chi connectivity index (χ2v) is 10.9. The van der Waals surface area contributed by atoms with Crippen molar-refractivity contribution in [2.45, 2.75) is 62.9 Å². The maximum absolute atomic E-state index is 13.4. The number of rotatable bonds is 6. The van der Waals surface area contributed by atoms with Gasteiger partial charge in [0, 0.05) is 35.9 Å². The fourth-order valence-electron chi connectivity index (χ4n) is 6.82. The molecular weight excluding hydrogens is 519 g/mol. The lowest BCUT2D eigenvalue weighted by Gasteiger charge is -2.47. The summed E-state index contributed by atoms with van der Waals surface area (Å²) in [6, 6.07) is 21.9. The molecule has 6 rings (SSSR count). The Kier molecular flexibility index (Phi) is 7.02. The Morgan fingerprint density at radius 1 is 0.825 bits per heavy atom. The normalized spacial score (nSPS) is 21.9. The Balaban J connectivity index is 1.12. The minimum Gasteiger partial charge on any atom is -0.448 e. The molecule has 5 nitrogen and oxygen atoms in total. The zero-order valence-corrected chi connectivity index (χ0v) is 21.9. The smallest absolute Gasteiger partial charge is 0.448 e. The Morgan fingerprint density at radius 2 is 1.40 bits per heavy atom. The van der Waals surface area contributed by atoms with Crippen molar-refractivity contribution < 1.29 is 32.2 Å². The zero-order chi connectivity index (χ0) is 27.9. The summed E-state index contributed by atoms with van der Waals surface area (Å²) < 4.78 is 48.6. The summed E-state index contributed by atoms with van der Waals surface area (Å²) in [7, 11) is 0. The summed E-state index contributed by atoms with van der Waals surface area (Å²) in [5, 5.41) is 0. The minimum atomic E-state index is -4.83. The van der Waals surface area contributed by atoms with E-state index >= 15 is 0 Å². The van der Waals surface area contributed by atoms with Crippen LogP contribution in [0.4, 0.5) is 18.0 Å². The highest BCUT2D eigenvalue weighted by molar-refractivity contribution is 5.84. The molecule has 3 aromatic rings. The van der Waals surface area contributed by atoms with Crippen LogP contribution < -0.4 is 4.74 Å². The number of para-hydroxylation sites is 1. The van der Waals surface area contributed by atoms with E-state index in [1.807, 2.05) is 29.2 Å². The molecule has 2 bridgehead atoms. The molecule has 2 aliphatic heterocycles. The summed E-state index contributed by atoms with van der Waals surface area (Å²) >= 11 is 0. The van der Waals surface area contributed by atoms with Crippen LogP contribution in [0.5, 0.6) is 5.75 Å². The number of halogens is 3. The second kappa shape index (κ2) is 10.6. The van der Waals surface area contributed by atoms with Crippen LogP contribution in [0, 0.1) is 5.92 Å². The molecule has 2 heterocycles. The minimum absolute atomic E-state index is 0.0331. The molecule has 1 aliphatic carbocycles. The highest BCUT2D eigenvalue weighted by atomic mass is 19.4. The van der Waals surface area contributed by atoms with Gasteiger partial charge in [-0.25, -0.2) is 4.79 Å². The monoisotopic (exact) mass is 549 g/mol. The van der Waals surface area contributed by atoms with Gasteiger partial charge in [0.1, 0.15) is 18.1 Å². The van der Waals surface area contributed by atoms with Crippen LogP contribution in [-0.4, -0.2) is 41.8 Å². The summed E-state index contributed by atoms with van der Waals surface area (Å²) in [5.74, 6) is -0.830. The van der Waals surface area contributed by atoms with Crippen LogP contribution in [0.15, 0.2) is 72.8 Å². The predicted molar refractivity (Wildman–Crippen MR) is 143 cm³/mol. The average Bonchev–Trinajstić information content (AvgIpc) is 3.25. The molecule has 2 fully saturated rings. The first kappa shape index (κ1) is 26.4. The van der Waals surface area contributed by atoms with Crippen LogP contribution in [0.3, 0.4) is 0 Å². The van der Waals surface area contributed by atoms with Crippen LogP contribution in [0.25, 0.3) is 11.1 Å². The Hall–Kier alpha value is -3.81. The van der Waals surface area contributed by atoms with Gasteiger partial charge in [0.15, 0.2) is 0 Å². The molecule has 2 unspecified atom stereocenters. The molecule has 8 heteroatoms. The first-order valence-corrected chi connectivity index (χ1v) is 13.8. The number of carbonyl (C=O) groups is 2. The third-order valence-electron chi connectivity index (χ3n) is 8.54. The summed E-state index contributed by atoms with van der Waals surface area (Å²) in [4.78, 5) is 28.5. The highest BCUT2D eigenvalue weighted by Gasteiger charge is 2.44. The number of benzene rings is 3. The van der Waals surface area contributed by atoms with Crippen molar-refractivity contribution >= 4 is 11.9 Å². The molecule has 0 aromatic heterocycles. The molecule has 2 saturated heterocycles. The van der Waals surface area contributed by atoms with Gasteiger partial charge in [0.2, 0.25) is 0 Å². The molecule has 1 amide bonds. The number of hydrogen-bond donors (Lipinski definition) is 0. The third kappa shape index (κ3) is 5.19. The van der Waals surface area contributed by atoms with Gasteiger partial charge < -0.3 is 14.4 Å². The Bertz CT molecular complexity index is 1360. The summed E-state index contributed by atoms with van der Waals surface area (Å²) in [6.45, 7) is 0.237. The van der Waals surface area contributed by atoms with Gasteiger partial charge in [-0.1, -0.05) is 66.7 Å². The van der Waals surface area contributed by atoms with Gasteiger partial charge in [-0.05, 0) is 60.4 Å². The maximum Gasteiger partial charge on any atom is 0.573 e. The number of carbonyl (C=O) groups excluding carboxylic acids is 2. The van der Waals surface area contributed by atoms with Crippen molar-refractivity contribution in [2.24, 2.45) is 5.92 Å². The average molecular weight is 550 g/mol. The van der Waals surface area contributed by atoms with Gasteiger partial charge >= 0.3 is 12.5 Å². The lowest BCUT2D eigenvalue weighted by Crippen LogP contribution is -2.56. The number of Topliss-reactive ketones (excluding diaryl/α,β-unsaturated/α-hetero) is 1. The van der Waals surface area contributed by atoms with Gasteiger partial charge in [-0.3, -0.25) is 4.79 Å². The van der Waals surface area contributed by atoms with E-state index in [1.165, 1.54) is 18.2 Å². The van der Waals surface area contributed by atoms with Gasteiger partial charge in [-0.2, -0.15) is 0 Å². The van der Waals surface area contributed by atoms with E-state index in [0.717, 1.165) is 41.5 Å². The van der Waals surface area contributed by atoms with Crippen molar-refractivity contribution in [1.29, 1.82) is 0 Å². The van der Waals surface area contributed by atoms with Crippen molar-refractivity contribution in [3.05, 3.63) is 89.5 Å². The van der Waals surface area contributed by atoms with Crippen molar-refractivity contribution in [3.63, 3.8) is 0 Å². The molecule has 208 valence electrons. The van der Waals surface area contributed by atoms with E-state index in [9.17, 15) is 22.8 Å². The van der Waals surface area contributed by atoms with E-state index < -0.39 is 6.36 Å². The van der Waals surface area contributed by atoms with Crippen LogP contribution in [0.2, 0.25) is 0 Å². The van der Waals surface area contributed by atoms with Crippen LogP contribution in [-0.2, 0) is 16.0 Å². The number of ketones is 1. The lowest BCUT2D eigenvalue weighted by molar-refractivity contribution is -0.274. The molecular formula is C32H30F3NO4. The van der Waals surface area contributed by atoms with E-state index in [4.69, 9.17) is 4.74 Å². The molecule has 2 atom stereocenters. The number of piperidine rings is 2. The molecule has 40 heavy (non-hydrogen) atoms. The quantitative estimate of drug-likeness (QED) is 0.324. The number of hydrogen-bond acceptors (Lipinski definition) is 4. The van der Waals surface area contributed by atoms with E-state index in [0.29, 0.717) is 12.8 Å². The summed E-state index contributed by atoms with van der Waals surface area (Å²) in [6.07, 6.45) is -1.83. The van der Waals surface area contributed by atoms with Crippen LogP contribution >= 0.6 is 0 Å². The molecule has 0 N–H and O–H groups in total. The third-order valence-corrected chi connectivity index (χ3v) is 8.54. The van der Waals surface area contributed by atoms with Gasteiger partial charge in [0.25, 0.3) is 0 Å². The first-order chi connectivity index (χ1) is 19.3. The number of nitrogens with zero attached hydrogens (tertiary/aromatic N) is 1. The molecule has 0 saturated carbocycles. The van der Waals surface area contributed by atoms with E-state index in [1.54, 1.807) is 6.07 Å². The standard InChI is InChI=1S/C32H30F3NO4/c33-32(34,35)40-30-15-6-1-8-20(30)18-29(37)21-16-22-9-7-10-23(17-21)36(22)31(38)39-19-28-26-13-4-2-11-24(26)25-12-3-5-14-27(25)28/h1-6,8,11-15,21-23,28H,7,9-10,16-19H2. The van der Waals surface area contributed by atoms with Crippen molar-refractivity contribution in [2.75, 3.05) is 6.61 Å². The van der Waals surface area contributed by atoms with Crippen molar-refractivity contribution in [1.82, 2.24) is 4.90 Å². The second-order valence-electron chi connectivity index (χ2n) is 10.9. The number of ether oxygens (including phenoxy) is 2. The fraction of sp³-hybridized carbons (Fsp3) is 0.375. The SMILES string of the molecule is O=C(Cc1ccccc1OC(F)(F)F)C1CC2CCCC(C1)N2C(=O)OCC1c2ccccc2-c2ccccc21. The van der Waals surface area contributed by atoms with E-state index in [-0.39, 0.29) is 60.1 Å². The Labute approximate surface area is 230 Å². The number of alkyl halides is 3. The largest absolute Gasteiger partial charge is 0.573 e. The predicted octanol–water partition coefficient (Wildman–Crippen LogP) is 7.28. The molecule has 0 spiro atoms. The van der Waals surface area contributed by atoms with Gasteiger partial charge in [0.05, 0.1) is 0 Å². The number of fused-ring (bicyclic) bond motifs is 5. The molecule has 3 aliphatic rings. The number of amides is 1. The molecule has 3 aromatic carbocycles. The van der Waals surface area contributed by atoms with Gasteiger partial charge in [-0.15, -0.1) is 13.2 Å². The topological polar surface area (TPSA) is 55.8 Å². The Morgan fingerprint density at radius 3 is 2.02 bits per heavy atom. The highest BCUT2D eigenvalue weighted by Crippen LogP contribution is 2.45. The zero-order valence-electron chi connectivity index (χ0n) is 21.9. The molecule has 0 radical (unpaired) electrons. The first-order valence-electron chi connectivity index (χ1n) is 13.8. The maximum atomic E-state index is 13.4. The lowest BCUT2D eigenvalue weighted by atomic mass is 9.76.